The summed E-state index contributed by atoms with van der Waals surface area (Å²) < 4.78 is 0. The van der Waals surface area contributed by atoms with E-state index in [1.54, 1.807) is 0 Å². The smallest absolute Gasteiger partial charge is 0.321 e. The largest absolute Gasteiger partial charge is 0.480 e. The van der Waals surface area contributed by atoms with Gasteiger partial charge < -0.3 is 10.8 Å². The van der Waals surface area contributed by atoms with Gasteiger partial charge in [-0.25, -0.2) is 0 Å². The van der Waals surface area contributed by atoms with E-state index in [0.717, 1.165) is 11.3 Å². The lowest BCUT2D eigenvalue weighted by molar-refractivity contribution is -0.137. The molecule has 0 aliphatic heterocycles. The Balaban J connectivity index is 2.21. The highest BCUT2D eigenvalue weighted by atomic mass is 32.2. The third-order valence-corrected chi connectivity index (χ3v) is 2.96. The SMILES string of the molecule is N[C@@H](CSCC=Cc1ccccc1)C(=O)O. The van der Waals surface area contributed by atoms with Gasteiger partial charge in [0.2, 0.25) is 0 Å². The number of carbonyl (C=O) groups is 1. The quantitative estimate of drug-likeness (QED) is 0.741. The Hall–Kier alpha value is -1.26. The van der Waals surface area contributed by atoms with Crippen LogP contribution in [0.1, 0.15) is 5.56 Å². The predicted molar refractivity (Wildman–Crippen MR) is 68.4 cm³/mol. The lowest BCUT2D eigenvalue weighted by Crippen LogP contribution is -2.32. The highest BCUT2D eigenvalue weighted by molar-refractivity contribution is 7.99. The number of nitrogens with two attached hydrogens (primary N) is 1. The van der Waals surface area contributed by atoms with Crippen LogP contribution in [-0.2, 0) is 4.79 Å². The maximum atomic E-state index is 10.4. The first-order chi connectivity index (χ1) is 7.70. The molecule has 0 radical (unpaired) electrons. The molecule has 1 aromatic carbocycles. The molecule has 0 saturated heterocycles. The molecule has 0 fully saturated rings. The van der Waals surface area contributed by atoms with Gasteiger partial charge in [-0.15, -0.1) is 0 Å². The van der Waals surface area contributed by atoms with Crippen molar-refractivity contribution in [1.82, 2.24) is 0 Å². The van der Waals surface area contributed by atoms with Crippen LogP contribution in [0.3, 0.4) is 0 Å². The van der Waals surface area contributed by atoms with Gasteiger partial charge in [0.05, 0.1) is 0 Å². The normalized spacial score (nSPS) is 12.8. The van der Waals surface area contributed by atoms with Crippen LogP contribution >= 0.6 is 11.8 Å². The summed E-state index contributed by atoms with van der Waals surface area (Å²) >= 11 is 1.52. The molecule has 1 rings (SSSR count). The Morgan fingerprint density at radius 2 is 2.12 bits per heavy atom. The topological polar surface area (TPSA) is 63.3 Å². The van der Waals surface area contributed by atoms with Gasteiger partial charge in [0.1, 0.15) is 6.04 Å². The molecule has 3 nitrogen and oxygen atoms in total. The fourth-order valence-electron chi connectivity index (χ4n) is 1.08. The summed E-state index contributed by atoms with van der Waals surface area (Å²) in [7, 11) is 0. The predicted octanol–water partition coefficient (Wildman–Crippen LogP) is 1.84. The molecule has 16 heavy (non-hydrogen) atoms. The maximum absolute atomic E-state index is 10.4. The van der Waals surface area contributed by atoms with E-state index in [2.05, 4.69) is 0 Å². The van der Waals surface area contributed by atoms with E-state index in [-0.39, 0.29) is 0 Å². The highest BCUT2D eigenvalue weighted by Crippen LogP contribution is 2.05. The van der Waals surface area contributed by atoms with E-state index in [0.29, 0.717) is 5.75 Å². The van der Waals surface area contributed by atoms with Crippen LogP contribution in [0, 0.1) is 0 Å². The molecule has 3 N–H and O–H groups in total. The first-order valence-corrected chi connectivity index (χ1v) is 6.13. The van der Waals surface area contributed by atoms with Crippen molar-refractivity contribution in [1.29, 1.82) is 0 Å². The zero-order valence-corrected chi connectivity index (χ0v) is 9.69. The number of rotatable bonds is 6. The number of carboxylic acids is 1. The molecule has 0 saturated carbocycles. The molecule has 1 aromatic rings. The lowest BCUT2D eigenvalue weighted by Gasteiger charge is -2.03. The monoisotopic (exact) mass is 237 g/mol. The zero-order valence-electron chi connectivity index (χ0n) is 8.87. The zero-order chi connectivity index (χ0) is 11.8. The van der Waals surface area contributed by atoms with Gasteiger partial charge in [0, 0.05) is 11.5 Å². The first-order valence-electron chi connectivity index (χ1n) is 4.98. The van der Waals surface area contributed by atoms with Crippen LogP contribution in [0.4, 0.5) is 0 Å². The fourth-order valence-corrected chi connectivity index (χ4v) is 1.85. The molecular weight excluding hydrogens is 222 g/mol. The fraction of sp³-hybridized carbons (Fsp3) is 0.250. The van der Waals surface area contributed by atoms with Crippen LogP contribution < -0.4 is 5.73 Å². The van der Waals surface area contributed by atoms with Crippen molar-refractivity contribution >= 4 is 23.8 Å². The van der Waals surface area contributed by atoms with Gasteiger partial charge in [-0.1, -0.05) is 42.5 Å². The Labute approximate surface area is 99.4 Å². The van der Waals surface area contributed by atoms with Gasteiger partial charge in [0.15, 0.2) is 0 Å². The number of aliphatic carboxylic acids is 1. The second-order valence-electron chi connectivity index (χ2n) is 3.30. The minimum Gasteiger partial charge on any atom is -0.480 e. The van der Waals surface area contributed by atoms with Crippen molar-refractivity contribution in [2.24, 2.45) is 5.73 Å². The minimum atomic E-state index is -0.945. The highest BCUT2D eigenvalue weighted by Gasteiger charge is 2.09. The maximum Gasteiger partial charge on any atom is 0.321 e. The average Bonchev–Trinajstić information content (AvgIpc) is 2.29. The lowest BCUT2D eigenvalue weighted by atomic mass is 10.2. The molecular formula is C12H15NO2S. The van der Waals surface area contributed by atoms with Crippen LogP contribution in [0.5, 0.6) is 0 Å². The first kappa shape index (κ1) is 12.8. The molecule has 4 heteroatoms. The number of hydrogen-bond acceptors (Lipinski definition) is 3. The summed E-state index contributed by atoms with van der Waals surface area (Å²) in [6, 6.07) is 9.20. The third kappa shape index (κ3) is 5.00. The molecule has 0 aliphatic carbocycles. The number of carboxylic acid groups (broad SMARTS) is 1. The van der Waals surface area contributed by atoms with Crippen molar-refractivity contribution in [3.8, 4) is 0 Å². The van der Waals surface area contributed by atoms with E-state index >= 15 is 0 Å². The Morgan fingerprint density at radius 1 is 1.44 bits per heavy atom. The standard InChI is InChI=1S/C12H15NO2S/c13-11(12(14)15)9-16-8-4-7-10-5-2-1-3-6-10/h1-7,11H,8-9,13H2,(H,14,15)/t11-/m0/s1. The average molecular weight is 237 g/mol. The van der Waals surface area contributed by atoms with E-state index < -0.39 is 12.0 Å². The second kappa shape index (κ2) is 7.09. The van der Waals surface area contributed by atoms with Gasteiger partial charge in [-0.2, -0.15) is 11.8 Å². The van der Waals surface area contributed by atoms with E-state index in [9.17, 15) is 4.79 Å². The molecule has 0 amide bonds. The van der Waals surface area contributed by atoms with Gasteiger partial charge >= 0.3 is 5.97 Å². The molecule has 0 bridgehead atoms. The summed E-state index contributed by atoms with van der Waals surface area (Å²) in [5, 5.41) is 8.56. The summed E-state index contributed by atoms with van der Waals surface area (Å²) in [4.78, 5) is 10.4. The number of benzene rings is 1. The van der Waals surface area contributed by atoms with E-state index in [1.165, 1.54) is 11.8 Å². The number of thioether (sulfide) groups is 1. The molecule has 0 heterocycles. The van der Waals surface area contributed by atoms with Gasteiger partial charge in [-0.3, -0.25) is 4.79 Å². The van der Waals surface area contributed by atoms with Crippen molar-refractivity contribution in [3.63, 3.8) is 0 Å². The van der Waals surface area contributed by atoms with E-state index in [1.807, 2.05) is 42.5 Å². The summed E-state index contributed by atoms with van der Waals surface area (Å²) in [6.07, 6.45) is 4.02. The second-order valence-corrected chi connectivity index (χ2v) is 4.37. The van der Waals surface area contributed by atoms with Crippen molar-refractivity contribution in [2.75, 3.05) is 11.5 Å². The number of hydrogen-bond donors (Lipinski definition) is 2. The summed E-state index contributed by atoms with van der Waals surface area (Å²) in [5.41, 5.74) is 6.51. The van der Waals surface area contributed by atoms with Crippen molar-refractivity contribution in [3.05, 3.63) is 42.0 Å². The van der Waals surface area contributed by atoms with Crippen LogP contribution in [0.25, 0.3) is 6.08 Å². The summed E-state index contributed by atoms with van der Waals surface area (Å²) in [5.74, 6) is 0.268. The third-order valence-electron chi connectivity index (χ3n) is 1.94. The molecule has 0 aromatic heterocycles. The summed E-state index contributed by atoms with van der Waals surface area (Å²) in [6.45, 7) is 0. The van der Waals surface area contributed by atoms with Crippen LogP contribution in [-0.4, -0.2) is 28.6 Å². The Bertz CT molecular complexity index is 351. The van der Waals surface area contributed by atoms with Crippen molar-refractivity contribution in [2.45, 2.75) is 6.04 Å². The Morgan fingerprint density at radius 3 is 2.75 bits per heavy atom. The molecule has 86 valence electrons. The molecule has 0 spiro atoms. The van der Waals surface area contributed by atoms with Crippen LogP contribution in [0.2, 0.25) is 0 Å². The van der Waals surface area contributed by atoms with E-state index in [4.69, 9.17) is 10.8 Å². The van der Waals surface area contributed by atoms with Gasteiger partial charge in [-0.05, 0) is 5.56 Å². The molecule has 0 unspecified atom stereocenters. The molecule has 1 atom stereocenters. The molecule has 0 aliphatic rings. The minimum absolute atomic E-state index is 0.439. The van der Waals surface area contributed by atoms with Crippen molar-refractivity contribution < 1.29 is 9.90 Å². The Kier molecular flexibility index (Phi) is 5.67. The van der Waals surface area contributed by atoms with Gasteiger partial charge in [0.25, 0.3) is 0 Å². The van der Waals surface area contributed by atoms with Crippen LogP contribution in [0.15, 0.2) is 36.4 Å².